The van der Waals surface area contributed by atoms with Crippen molar-refractivity contribution in [3.63, 3.8) is 0 Å². The van der Waals surface area contributed by atoms with Crippen molar-refractivity contribution in [2.75, 3.05) is 37.0 Å². The number of hydrogen-bond acceptors (Lipinski definition) is 6. The van der Waals surface area contributed by atoms with E-state index in [1.54, 1.807) is 11.3 Å². The second-order valence-electron chi connectivity index (χ2n) is 13.3. The second kappa shape index (κ2) is 13.7. The molecule has 2 heterocycles. The number of pyridine rings is 1. The molecule has 3 fully saturated rings. The van der Waals surface area contributed by atoms with E-state index >= 15 is 0 Å². The summed E-state index contributed by atoms with van der Waals surface area (Å²) in [6, 6.07) is 12.8. The van der Waals surface area contributed by atoms with Gasteiger partial charge in [-0.15, -0.1) is 11.3 Å². The molecule has 0 saturated heterocycles. The molecule has 3 aromatic rings. The third kappa shape index (κ3) is 7.42. The van der Waals surface area contributed by atoms with Crippen LogP contribution in [0.25, 0.3) is 10.4 Å². The van der Waals surface area contributed by atoms with Crippen LogP contribution in [-0.4, -0.2) is 54.3 Å². The summed E-state index contributed by atoms with van der Waals surface area (Å²) in [5.41, 5.74) is 3.43. The molecule has 3 aliphatic carbocycles. The number of nitrogens with one attached hydrogen (secondary N) is 1. The summed E-state index contributed by atoms with van der Waals surface area (Å²) in [5.74, 6) is 3.08. The van der Waals surface area contributed by atoms with Crippen molar-refractivity contribution < 1.29 is 14.7 Å². The van der Waals surface area contributed by atoms with Gasteiger partial charge in [0.25, 0.3) is 0 Å². The summed E-state index contributed by atoms with van der Waals surface area (Å²) in [6.45, 7) is 1.21. The van der Waals surface area contributed by atoms with Crippen LogP contribution in [0.2, 0.25) is 0 Å². The zero-order chi connectivity index (χ0) is 30.6. The summed E-state index contributed by atoms with van der Waals surface area (Å²) in [7, 11) is 4.03. The summed E-state index contributed by atoms with van der Waals surface area (Å²) >= 11 is 1.79. The minimum atomic E-state index is -0.976. The first-order chi connectivity index (χ1) is 21.3. The molecule has 2 aromatic heterocycles. The molecule has 0 bridgehead atoms. The van der Waals surface area contributed by atoms with Crippen molar-refractivity contribution >= 4 is 34.8 Å². The second-order valence-corrected chi connectivity index (χ2v) is 14.4. The largest absolute Gasteiger partial charge is 0.465 e. The molecule has 0 atom stereocenters. The average Bonchev–Trinajstić information content (AvgIpc) is 3.78. The van der Waals surface area contributed by atoms with Crippen molar-refractivity contribution in [2.45, 2.75) is 76.0 Å². The van der Waals surface area contributed by atoms with Gasteiger partial charge >= 0.3 is 6.09 Å². The average molecular weight is 616 g/mol. The fraction of sp³-hybridized carbons (Fsp3) is 0.543. The summed E-state index contributed by atoms with van der Waals surface area (Å²) in [4.78, 5) is 39.9. The van der Waals surface area contributed by atoms with Gasteiger partial charge in [0.15, 0.2) is 0 Å². The third-order valence-electron chi connectivity index (χ3n) is 9.88. The third-order valence-corrected chi connectivity index (χ3v) is 11.1. The number of carbonyl (C=O) groups excluding carboxylic acids is 1. The van der Waals surface area contributed by atoms with Gasteiger partial charge in [0.1, 0.15) is 5.82 Å². The van der Waals surface area contributed by atoms with Crippen LogP contribution < -0.4 is 15.1 Å². The monoisotopic (exact) mass is 615 g/mol. The topological polar surface area (TPSA) is 98.7 Å². The van der Waals surface area contributed by atoms with Crippen LogP contribution in [0.1, 0.15) is 86.6 Å². The Morgan fingerprint density at radius 2 is 1.61 bits per heavy atom. The van der Waals surface area contributed by atoms with Crippen LogP contribution in [0, 0.1) is 17.8 Å². The predicted octanol–water partition coefficient (Wildman–Crippen LogP) is 7.53. The number of thiazole rings is 1. The van der Waals surface area contributed by atoms with Gasteiger partial charge < -0.3 is 20.2 Å². The Balaban J connectivity index is 1.16. The number of benzene rings is 1. The standard InChI is InChI=1S/C35H45N5O3S/c1-39(2)32-17-16-29(20-36-32)25-10-8-24(9-11-25)22-40(34(41)27-12-6-23(7-13-27)19-38-35(42)43)30-5-3-4-28(18-30)31-21-37-33(44-31)26-14-15-26/h3-5,16-18,20-21,23-27,38H,6-15,19,22H2,1-2H3,(H,42,43)/t23-,24-,25-,27-. The van der Waals surface area contributed by atoms with Gasteiger partial charge in [0, 0.05) is 57.1 Å². The highest BCUT2D eigenvalue weighted by molar-refractivity contribution is 7.15. The van der Waals surface area contributed by atoms with Crippen LogP contribution in [0.15, 0.2) is 48.8 Å². The molecular weight excluding hydrogens is 570 g/mol. The zero-order valence-electron chi connectivity index (χ0n) is 26.0. The van der Waals surface area contributed by atoms with Crippen LogP contribution >= 0.6 is 11.3 Å². The molecule has 44 heavy (non-hydrogen) atoms. The van der Waals surface area contributed by atoms with Crippen LogP contribution in [0.4, 0.5) is 16.3 Å². The van der Waals surface area contributed by atoms with Crippen molar-refractivity contribution in [2.24, 2.45) is 17.8 Å². The molecule has 8 nitrogen and oxygen atoms in total. The maximum Gasteiger partial charge on any atom is 0.404 e. The van der Waals surface area contributed by atoms with Crippen LogP contribution in [-0.2, 0) is 4.79 Å². The summed E-state index contributed by atoms with van der Waals surface area (Å²) in [5, 5.41) is 12.8. The van der Waals surface area contributed by atoms with E-state index in [4.69, 9.17) is 10.1 Å². The molecule has 3 saturated carbocycles. The van der Waals surface area contributed by atoms with Gasteiger partial charge in [0.2, 0.25) is 5.91 Å². The predicted molar refractivity (Wildman–Crippen MR) is 177 cm³/mol. The van der Waals surface area contributed by atoms with Crippen molar-refractivity contribution in [1.82, 2.24) is 15.3 Å². The first-order valence-corrected chi connectivity index (χ1v) is 17.1. The summed E-state index contributed by atoms with van der Waals surface area (Å²) < 4.78 is 0. The number of rotatable bonds is 10. The number of aromatic nitrogens is 2. The van der Waals surface area contributed by atoms with Crippen molar-refractivity contribution in [3.05, 3.63) is 59.4 Å². The van der Waals surface area contributed by atoms with Gasteiger partial charge in [-0.25, -0.2) is 14.8 Å². The van der Waals surface area contributed by atoms with Gasteiger partial charge in [-0.05, 0) is 111 Å². The van der Waals surface area contributed by atoms with Gasteiger partial charge in [-0.1, -0.05) is 18.2 Å². The quantitative estimate of drug-likeness (QED) is 0.245. The van der Waals surface area contributed by atoms with E-state index in [-0.39, 0.29) is 11.8 Å². The normalized spacial score (nSPS) is 23.6. The summed E-state index contributed by atoms with van der Waals surface area (Å²) in [6.07, 6.45) is 13.3. The molecule has 0 aliphatic heterocycles. The van der Waals surface area contributed by atoms with Gasteiger partial charge in [-0.2, -0.15) is 0 Å². The number of hydrogen-bond donors (Lipinski definition) is 2. The van der Waals surface area contributed by atoms with E-state index in [1.807, 2.05) is 31.4 Å². The van der Waals surface area contributed by atoms with Crippen LogP contribution in [0.3, 0.4) is 0 Å². The fourth-order valence-electron chi connectivity index (χ4n) is 7.00. The van der Waals surface area contributed by atoms with E-state index in [2.05, 4.69) is 51.6 Å². The molecular formula is C35H45N5O3S. The number of carboxylic acid groups (broad SMARTS) is 1. The molecule has 1 aromatic carbocycles. The molecule has 0 radical (unpaired) electrons. The first-order valence-electron chi connectivity index (χ1n) is 16.3. The van der Waals surface area contributed by atoms with Gasteiger partial charge in [-0.3, -0.25) is 4.79 Å². The maximum atomic E-state index is 14.3. The van der Waals surface area contributed by atoms with Crippen molar-refractivity contribution in [1.29, 1.82) is 0 Å². The Morgan fingerprint density at radius 3 is 2.27 bits per heavy atom. The highest BCUT2D eigenvalue weighted by Crippen LogP contribution is 2.44. The molecule has 2 amide bonds. The maximum absolute atomic E-state index is 14.3. The Labute approximate surface area is 264 Å². The minimum absolute atomic E-state index is 0.0257. The smallest absolute Gasteiger partial charge is 0.404 e. The van der Waals surface area contributed by atoms with E-state index in [1.165, 1.54) is 28.3 Å². The molecule has 2 N–H and O–H groups in total. The molecule has 3 aliphatic rings. The van der Waals surface area contributed by atoms with Gasteiger partial charge in [0.05, 0.1) is 9.88 Å². The van der Waals surface area contributed by atoms with Crippen molar-refractivity contribution in [3.8, 4) is 10.4 Å². The Hall–Kier alpha value is -3.46. The molecule has 9 heteroatoms. The lowest BCUT2D eigenvalue weighted by Gasteiger charge is -2.36. The minimum Gasteiger partial charge on any atom is -0.465 e. The van der Waals surface area contributed by atoms with E-state index in [0.29, 0.717) is 30.2 Å². The highest BCUT2D eigenvalue weighted by Gasteiger charge is 2.33. The molecule has 0 unspecified atom stereocenters. The first kappa shape index (κ1) is 30.6. The number of anilines is 2. The SMILES string of the molecule is CN(C)c1ccc([C@H]2CC[C@H](CN(c3cccc(-c4cnc(C5CC5)s4)c3)C(=O)[C@H]3CC[C@H](CNC(=O)O)CC3)CC2)cn1. The number of carbonyl (C=O) groups is 2. The molecule has 6 rings (SSSR count). The Morgan fingerprint density at radius 1 is 0.886 bits per heavy atom. The molecule has 234 valence electrons. The van der Waals surface area contributed by atoms with E-state index in [9.17, 15) is 9.59 Å². The highest BCUT2D eigenvalue weighted by atomic mass is 32.1. The van der Waals surface area contributed by atoms with Crippen LogP contribution in [0.5, 0.6) is 0 Å². The lowest BCUT2D eigenvalue weighted by Crippen LogP contribution is -2.42. The Kier molecular flexibility index (Phi) is 9.50. The number of amides is 2. The van der Waals surface area contributed by atoms with E-state index in [0.717, 1.165) is 75.0 Å². The lowest BCUT2D eigenvalue weighted by molar-refractivity contribution is -0.123. The Bertz CT molecular complexity index is 1420. The van der Waals surface area contributed by atoms with E-state index < -0.39 is 6.09 Å². The number of nitrogens with zero attached hydrogens (tertiary/aromatic N) is 4. The molecule has 0 spiro atoms. The lowest BCUT2D eigenvalue weighted by atomic mass is 9.78. The fourth-order valence-corrected chi connectivity index (χ4v) is 8.08. The zero-order valence-corrected chi connectivity index (χ0v) is 26.8.